The number of rotatable bonds is 3. The zero-order chi connectivity index (χ0) is 16.4. The van der Waals surface area contributed by atoms with Crippen LogP contribution in [0, 0.1) is 5.92 Å². The maximum absolute atomic E-state index is 12.4. The second-order valence-electron chi connectivity index (χ2n) is 5.66. The van der Waals surface area contributed by atoms with Crippen molar-refractivity contribution in [3.05, 3.63) is 68.0 Å². The molecule has 0 aliphatic carbocycles. The molecule has 0 radical (unpaired) electrons. The van der Waals surface area contributed by atoms with E-state index in [1.165, 1.54) is 10.8 Å². The Morgan fingerprint density at radius 3 is 2.74 bits per heavy atom. The molecular weight excluding hydrogens is 318 g/mol. The van der Waals surface area contributed by atoms with Gasteiger partial charge in [0.2, 0.25) is 0 Å². The van der Waals surface area contributed by atoms with Crippen LogP contribution in [0.5, 0.6) is 0 Å². The second kappa shape index (κ2) is 6.42. The Morgan fingerprint density at radius 1 is 1.26 bits per heavy atom. The number of nitrogens with one attached hydrogen (secondary N) is 1. The van der Waals surface area contributed by atoms with E-state index < -0.39 is 11.2 Å². The van der Waals surface area contributed by atoms with Gasteiger partial charge in [-0.25, -0.2) is 4.79 Å². The molecule has 2 heterocycles. The summed E-state index contributed by atoms with van der Waals surface area (Å²) < 4.78 is 1.39. The molecule has 1 fully saturated rings. The SMILES string of the molecule is O=C(c1ccccc1)N1CCC(Cn2cc(Cl)c(=O)[nH]c2=O)C1. The minimum absolute atomic E-state index is 0.0000482. The quantitative estimate of drug-likeness (QED) is 0.921. The average molecular weight is 334 g/mol. The molecule has 6 nitrogen and oxygen atoms in total. The van der Waals surface area contributed by atoms with Crippen molar-refractivity contribution in [3.8, 4) is 0 Å². The predicted molar refractivity (Wildman–Crippen MR) is 86.8 cm³/mol. The first-order chi connectivity index (χ1) is 11.0. The normalized spacial score (nSPS) is 17.4. The molecule has 1 aliphatic heterocycles. The summed E-state index contributed by atoms with van der Waals surface area (Å²) in [6.45, 7) is 1.66. The van der Waals surface area contributed by atoms with Crippen molar-refractivity contribution in [1.29, 1.82) is 0 Å². The van der Waals surface area contributed by atoms with Crippen LogP contribution in [0.1, 0.15) is 16.8 Å². The Balaban J connectivity index is 1.69. The Kier molecular flexibility index (Phi) is 4.34. The molecule has 0 bridgehead atoms. The lowest BCUT2D eigenvalue weighted by atomic mass is 10.1. The van der Waals surface area contributed by atoms with Crippen LogP contribution < -0.4 is 11.2 Å². The number of likely N-dealkylation sites (tertiary alicyclic amines) is 1. The van der Waals surface area contributed by atoms with Crippen LogP contribution in [0.3, 0.4) is 0 Å². The lowest BCUT2D eigenvalue weighted by molar-refractivity contribution is 0.0786. The standard InChI is InChI=1S/C16H16ClN3O3/c17-13-10-20(16(23)18-14(13)21)9-11-6-7-19(8-11)15(22)12-4-2-1-3-5-12/h1-5,10-11H,6-9H2,(H,18,21,23). The van der Waals surface area contributed by atoms with Gasteiger partial charge in [0.25, 0.3) is 11.5 Å². The molecule has 1 atom stereocenters. The van der Waals surface area contributed by atoms with Crippen LogP contribution in [-0.2, 0) is 6.54 Å². The predicted octanol–water partition coefficient (Wildman–Crippen LogP) is 1.35. The third-order valence-electron chi connectivity index (χ3n) is 4.02. The molecule has 1 aromatic carbocycles. The fourth-order valence-electron chi connectivity index (χ4n) is 2.83. The van der Waals surface area contributed by atoms with E-state index in [-0.39, 0.29) is 16.8 Å². The number of carbonyl (C=O) groups is 1. The number of benzene rings is 1. The van der Waals surface area contributed by atoms with Crippen LogP contribution >= 0.6 is 11.6 Å². The Hall–Kier alpha value is -2.34. The minimum Gasteiger partial charge on any atom is -0.338 e. The molecule has 7 heteroatoms. The number of carbonyl (C=O) groups excluding carboxylic acids is 1. The van der Waals surface area contributed by atoms with E-state index >= 15 is 0 Å². The number of halogens is 1. The van der Waals surface area contributed by atoms with E-state index in [9.17, 15) is 14.4 Å². The highest BCUT2D eigenvalue weighted by Crippen LogP contribution is 2.20. The average Bonchev–Trinajstić information content (AvgIpc) is 3.01. The summed E-state index contributed by atoms with van der Waals surface area (Å²) in [5.41, 5.74) is -0.398. The number of aromatic amines is 1. The van der Waals surface area contributed by atoms with Crippen LogP contribution in [0.25, 0.3) is 0 Å². The van der Waals surface area contributed by atoms with E-state index in [4.69, 9.17) is 11.6 Å². The van der Waals surface area contributed by atoms with Crippen LogP contribution in [0.2, 0.25) is 5.02 Å². The van der Waals surface area contributed by atoms with Gasteiger partial charge in [-0.3, -0.25) is 19.1 Å². The number of nitrogens with zero attached hydrogens (tertiary/aromatic N) is 2. The van der Waals surface area contributed by atoms with E-state index in [1.54, 1.807) is 17.0 Å². The molecule has 3 rings (SSSR count). The van der Waals surface area contributed by atoms with Gasteiger partial charge in [0.1, 0.15) is 5.02 Å². The summed E-state index contributed by atoms with van der Waals surface area (Å²) >= 11 is 5.76. The summed E-state index contributed by atoms with van der Waals surface area (Å²) in [6.07, 6.45) is 2.16. The third-order valence-corrected chi connectivity index (χ3v) is 4.29. The van der Waals surface area contributed by atoms with Crippen LogP contribution in [0.15, 0.2) is 46.1 Å². The zero-order valence-corrected chi connectivity index (χ0v) is 13.1. The Bertz CT molecular complexity index is 828. The molecule has 1 saturated heterocycles. The topological polar surface area (TPSA) is 75.2 Å². The molecule has 1 aromatic heterocycles. The van der Waals surface area contributed by atoms with E-state index in [1.807, 2.05) is 18.2 Å². The van der Waals surface area contributed by atoms with Gasteiger partial charge in [0.05, 0.1) is 0 Å². The van der Waals surface area contributed by atoms with Crippen LogP contribution in [-0.4, -0.2) is 33.4 Å². The van der Waals surface area contributed by atoms with Gasteiger partial charge in [-0.15, -0.1) is 0 Å². The van der Waals surface area contributed by atoms with Gasteiger partial charge in [-0.2, -0.15) is 0 Å². The molecular formula is C16H16ClN3O3. The summed E-state index contributed by atoms with van der Waals surface area (Å²) in [6, 6.07) is 9.13. The van der Waals surface area contributed by atoms with Crippen molar-refractivity contribution in [1.82, 2.24) is 14.5 Å². The first kappa shape index (κ1) is 15.6. The number of aromatic nitrogens is 2. The maximum atomic E-state index is 12.4. The fourth-order valence-corrected chi connectivity index (χ4v) is 2.99. The van der Waals surface area contributed by atoms with Gasteiger partial charge < -0.3 is 4.90 Å². The first-order valence-electron chi connectivity index (χ1n) is 7.38. The molecule has 2 aromatic rings. The smallest absolute Gasteiger partial charge is 0.328 e. The van der Waals surface area contributed by atoms with Crippen molar-refractivity contribution >= 4 is 17.5 Å². The highest BCUT2D eigenvalue weighted by molar-refractivity contribution is 6.30. The first-order valence-corrected chi connectivity index (χ1v) is 7.76. The van der Waals surface area contributed by atoms with Crippen molar-refractivity contribution < 1.29 is 4.79 Å². The fraction of sp³-hybridized carbons (Fsp3) is 0.312. The van der Waals surface area contributed by atoms with Crippen molar-refractivity contribution in [2.45, 2.75) is 13.0 Å². The summed E-state index contributed by atoms with van der Waals surface area (Å²) in [7, 11) is 0. The maximum Gasteiger partial charge on any atom is 0.328 e. The van der Waals surface area contributed by atoms with Gasteiger partial charge in [-0.1, -0.05) is 29.8 Å². The third kappa shape index (κ3) is 3.37. The highest BCUT2D eigenvalue weighted by Gasteiger charge is 2.27. The highest BCUT2D eigenvalue weighted by atomic mass is 35.5. The van der Waals surface area contributed by atoms with E-state index in [2.05, 4.69) is 4.98 Å². The van der Waals surface area contributed by atoms with Crippen molar-refractivity contribution in [3.63, 3.8) is 0 Å². The summed E-state index contributed by atoms with van der Waals surface area (Å²) in [5, 5.41) is -0.0141. The van der Waals surface area contributed by atoms with E-state index in [0.717, 1.165) is 6.42 Å². The van der Waals surface area contributed by atoms with Gasteiger partial charge >= 0.3 is 5.69 Å². The molecule has 1 N–H and O–H groups in total. The zero-order valence-electron chi connectivity index (χ0n) is 12.4. The van der Waals surface area contributed by atoms with Crippen LogP contribution in [0.4, 0.5) is 0 Å². The second-order valence-corrected chi connectivity index (χ2v) is 6.07. The monoisotopic (exact) mass is 333 g/mol. The number of hydrogen-bond donors (Lipinski definition) is 1. The van der Waals surface area contributed by atoms with Crippen molar-refractivity contribution in [2.75, 3.05) is 13.1 Å². The van der Waals surface area contributed by atoms with Gasteiger partial charge in [0.15, 0.2) is 0 Å². The molecule has 23 heavy (non-hydrogen) atoms. The molecule has 1 amide bonds. The van der Waals surface area contributed by atoms with E-state index in [0.29, 0.717) is 25.2 Å². The number of H-pyrrole nitrogens is 1. The number of hydrogen-bond acceptors (Lipinski definition) is 3. The largest absolute Gasteiger partial charge is 0.338 e. The Morgan fingerprint density at radius 2 is 2.00 bits per heavy atom. The molecule has 1 unspecified atom stereocenters. The van der Waals surface area contributed by atoms with Gasteiger partial charge in [0, 0.05) is 31.4 Å². The molecule has 0 saturated carbocycles. The minimum atomic E-state index is -0.583. The number of amides is 1. The van der Waals surface area contributed by atoms with Crippen molar-refractivity contribution in [2.24, 2.45) is 5.92 Å². The summed E-state index contributed by atoms with van der Waals surface area (Å²) in [5.74, 6) is 0.155. The lowest BCUT2D eigenvalue weighted by Crippen LogP contribution is -2.33. The summed E-state index contributed by atoms with van der Waals surface area (Å²) in [4.78, 5) is 39.4. The van der Waals surface area contributed by atoms with Gasteiger partial charge in [-0.05, 0) is 24.5 Å². The lowest BCUT2D eigenvalue weighted by Gasteiger charge is -2.17. The Labute approximate surface area is 137 Å². The molecule has 120 valence electrons. The molecule has 1 aliphatic rings. The molecule has 0 spiro atoms.